The van der Waals surface area contributed by atoms with Gasteiger partial charge in [0.25, 0.3) is 0 Å². The van der Waals surface area contributed by atoms with Crippen LogP contribution in [0.2, 0.25) is 0 Å². The molecule has 1 N–H and O–H groups in total. The van der Waals surface area contributed by atoms with Gasteiger partial charge in [-0.1, -0.05) is 35.0 Å². The van der Waals surface area contributed by atoms with E-state index in [1.165, 1.54) is 0 Å². The zero-order chi connectivity index (χ0) is 14.0. The monoisotopic (exact) mass is 326 g/mol. The van der Waals surface area contributed by atoms with E-state index in [1.54, 1.807) is 6.92 Å². The van der Waals surface area contributed by atoms with Crippen molar-refractivity contribution >= 4 is 27.7 Å². The molecule has 1 heterocycles. The molecular weight excluding hydrogens is 312 g/mol. The molecule has 2 rings (SSSR count). The normalized spacial score (nSPS) is 25.1. The molecule has 1 aromatic carbocycles. The summed E-state index contributed by atoms with van der Waals surface area (Å²) in [5.41, 5.74) is -0.643. The lowest BCUT2D eigenvalue weighted by Gasteiger charge is -2.36. The Morgan fingerprint density at radius 1 is 1.42 bits per heavy atom. The average Bonchev–Trinajstić information content (AvgIpc) is 2.39. The van der Waals surface area contributed by atoms with E-state index in [4.69, 9.17) is 4.74 Å². The molecule has 0 aromatic heterocycles. The van der Waals surface area contributed by atoms with E-state index in [1.807, 2.05) is 24.3 Å². The van der Waals surface area contributed by atoms with Crippen LogP contribution in [0.25, 0.3) is 0 Å². The molecule has 4 nitrogen and oxygen atoms in total. The van der Waals surface area contributed by atoms with E-state index in [2.05, 4.69) is 15.9 Å². The third-order valence-corrected chi connectivity index (χ3v) is 4.32. The molecular formula is C14H15BrO4. The highest BCUT2D eigenvalue weighted by atomic mass is 79.9. The van der Waals surface area contributed by atoms with Crippen molar-refractivity contribution in [3.8, 4) is 0 Å². The molecule has 0 radical (unpaired) electrons. The summed E-state index contributed by atoms with van der Waals surface area (Å²) in [6, 6.07) is 7.35. The van der Waals surface area contributed by atoms with E-state index in [0.717, 1.165) is 10.0 Å². The standard InChI is InChI=1S/C14H15BrO4/c1-9(10-2-4-11(15)5-3-10)14(13(17)18)8-19-7-6-12(14)16/h2-5,9H,6-8H2,1H3,(H,17,18). The van der Waals surface area contributed by atoms with Gasteiger partial charge in [0.05, 0.1) is 13.2 Å². The van der Waals surface area contributed by atoms with E-state index >= 15 is 0 Å². The van der Waals surface area contributed by atoms with Crippen LogP contribution in [-0.2, 0) is 14.3 Å². The van der Waals surface area contributed by atoms with E-state index in [-0.39, 0.29) is 18.8 Å². The highest BCUT2D eigenvalue weighted by Gasteiger charge is 2.52. The van der Waals surface area contributed by atoms with Crippen LogP contribution in [0.5, 0.6) is 0 Å². The van der Waals surface area contributed by atoms with E-state index < -0.39 is 17.3 Å². The van der Waals surface area contributed by atoms with Crippen LogP contribution in [0.15, 0.2) is 28.7 Å². The van der Waals surface area contributed by atoms with Gasteiger partial charge in [0.2, 0.25) is 0 Å². The third-order valence-electron chi connectivity index (χ3n) is 3.79. The number of ketones is 1. The molecule has 1 saturated heterocycles. The van der Waals surface area contributed by atoms with Crippen molar-refractivity contribution in [1.82, 2.24) is 0 Å². The van der Waals surface area contributed by atoms with Crippen molar-refractivity contribution < 1.29 is 19.4 Å². The second kappa shape index (κ2) is 5.43. The number of hydrogen-bond donors (Lipinski definition) is 1. The molecule has 0 amide bonds. The van der Waals surface area contributed by atoms with Gasteiger partial charge in [0.1, 0.15) is 0 Å². The first-order valence-electron chi connectivity index (χ1n) is 6.08. The number of halogens is 1. The van der Waals surface area contributed by atoms with Gasteiger partial charge in [0, 0.05) is 16.8 Å². The molecule has 19 heavy (non-hydrogen) atoms. The Morgan fingerprint density at radius 2 is 2.05 bits per heavy atom. The summed E-state index contributed by atoms with van der Waals surface area (Å²) < 4.78 is 6.19. The van der Waals surface area contributed by atoms with Gasteiger partial charge in [-0.3, -0.25) is 9.59 Å². The first-order valence-corrected chi connectivity index (χ1v) is 6.87. The minimum Gasteiger partial charge on any atom is -0.480 e. The third kappa shape index (κ3) is 2.44. The van der Waals surface area contributed by atoms with Crippen molar-refractivity contribution in [3.63, 3.8) is 0 Å². The second-order valence-electron chi connectivity index (χ2n) is 4.78. The largest absolute Gasteiger partial charge is 0.480 e. The van der Waals surface area contributed by atoms with Gasteiger partial charge in [-0.05, 0) is 17.7 Å². The summed E-state index contributed by atoms with van der Waals surface area (Å²) in [5.74, 6) is -1.78. The summed E-state index contributed by atoms with van der Waals surface area (Å²) in [6.45, 7) is 2.02. The quantitative estimate of drug-likeness (QED) is 0.867. The maximum Gasteiger partial charge on any atom is 0.320 e. The Morgan fingerprint density at radius 3 is 2.58 bits per heavy atom. The molecule has 1 aliphatic heterocycles. The zero-order valence-corrected chi connectivity index (χ0v) is 12.1. The molecule has 1 aromatic rings. The van der Waals surface area contributed by atoms with Crippen LogP contribution in [0.3, 0.4) is 0 Å². The first-order chi connectivity index (χ1) is 8.98. The Labute approximate surface area is 119 Å². The van der Waals surface area contributed by atoms with Crippen molar-refractivity contribution in [3.05, 3.63) is 34.3 Å². The van der Waals surface area contributed by atoms with Crippen LogP contribution in [-0.4, -0.2) is 30.1 Å². The Balaban J connectivity index is 2.41. The molecule has 0 aliphatic carbocycles. The maximum absolute atomic E-state index is 12.2. The van der Waals surface area contributed by atoms with Crippen molar-refractivity contribution in [1.29, 1.82) is 0 Å². The van der Waals surface area contributed by atoms with Crippen molar-refractivity contribution in [2.75, 3.05) is 13.2 Å². The number of carbonyl (C=O) groups is 2. The summed E-state index contributed by atoms with van der Waals surface area (Å²) in [7, 11) is 0. The molecule has 1 fully saturated rings. The predicted octanol–water partition coefficient (Wildman–Crippen LogP) is 2.61. The molecule has 0 spiro atoms. The molecule has 102 valence electrons. The Bertz CT molecular complexity index is 497. The lowest BCUT2D eigenvalue weighted by Crippen LogP contribution is -2.50. The minimum atomic E-state index is -1.47. The highest BCUT2D eigenvalue weighted by Crippen LogP contribution is 2.40. The smallest absolute Gasteiger partial charge is 0.320 e. The summed E-state index contributed by atoms with van der Waals surface area (Å²) >= 11 is 3.34. The van der Waals surface area contributed by atoms with Gasteiger partial charge in [0.15, 0.2) is 11.2 Å². The van der Waals surface area contributed by atoms with Crippen LogP contribution in [0, 0.1) is 5.41 Å². The fourth-order valence-corrected chi connectivity index (χ4v) is 2.73. The molecule has 0 bridgehead atoms. The summed E-state index contributed by atoms with van der Waals surface area (Å²) in [6.07, 6.45) is 0.160. The number of rotatable bonds is 3. The zero-order valence-electron chi connectivity index (χ0n) is 10.6. The summed E-state index contributed by atoms with van der Waals surface area (Å²) in [4.78, 5) is 23.8. The highest BCUT2D eigenvalue weighted by molar-refractivity contribution is 9.10. The fraction of sp³-hybridized carbons (Fsp3) is 0.429. The van der Waals surface area contributed by atoms with Crippen LogP contribution in [0.4, 0.5) is 0 Å². The van der Waals surface area contributed by atoms with Gasteiger partial charge < -0.3 is 9.84 Å². The topological polar surface area (TPSA) is 63.6 Å². The number of benzene rings is 1. The van der Waals surface area contributed by atoms with Crippen LogP contribution >= 0.6 is 15.9 Å². The molecule has 0 saturated carbocycles. The van der Waals surface area contributed by atoms with Gasteiger partial charge in [-0.15, -0.1) is 0 Å². The van der Waals surface area contributed by atoms with Gasteiger partial charge in [-0.2, -0.15) is 0 Å². The predicted molar refractivity (Wildman–Crippen MR) is 73.1 cm³/mol. The lowest BCUT2D eigenvalue weighted by molar-refractivity contribution is -0.166. The maximum atomic E-state index is 12.2. The summed E-state index contributed by atoms with van der Waals surface area (Å²) in [5, 5.41) is 9.54. The number of aliphatic carboxylic acids is 1. The Hall–Kier alpha value is -1.20. The SMILES string of the molecule is CC(c1ccc(Br)cc1)C1(C(=O)O)COCCC1=O. The number of carbonyl (C=O) groups excluding carboxylic acids is 1. The Kier molecular flexibility index (Phi) is 4.06. The molecule has 1 aliphatic rings. The number of ether oxygens (including phenoxy) is 1. The van der Waals surface area contributed by atoms with Crippen molar-refractivity contribution in [2.24, 2.45) is 5.41 Å². The van der Waals surface area contributed by atoms with E-state index in [0.29, 0.717) is 6.61 Å². The molecule has 2 atom stereocenters. The van der Waals surface area contributed by atoms with Gasteiger partial charge in [-0.25, -0.2) is 0 Å². The minimum absolute atomic E-state index is 0.0571. The average molecular weight is 327 g/mol. The van der Waals surface area contributed by atoms with Crippen molar-refractivity contribution in [2.45, 2.75) is 19.3 Å². The van der Waals surface area contributed by atoms with Crippen LogP contribution < -0.4 is 0 Å². The molecule has 2 unspecified atom stereocenters. The number of hydrogen-bond acceptors (Lipinski definition) is 3. The number of carboxylic acid groups (broad SMARTS) is 1. The molecule has 5 heteroatoms. The second-order valence-corrected chi connectivity index (χ2v) is 5.69. The lowest BCUT2D eigenvalue weighted by atomic mass is 9.69. The van der Waals surface area contributed by atoms with E-state index in [9.17, 15) is 14.7 Å². The van der Waals surface area contributed by atoms with Gasteiger partial charge >= 0.3 is 5.97 Å². The van der Waals surface area contributed by atoms with Crippen LogP contribution in [0.1, 0.15) is 24.8 Å². The number of carboxylic acids is 1. The fourth-order valence-electron chi connectivity index (χ4n) is 2.47. The number of Topliss-reactive ketones (excluding diaryl/α,β-unsaturated/α-hetero) is 1. The first kappa shape index (κ1) is 14.2.